The Morgan fingerprint density at radius 2 is 2.00 bits per heavy atom. The van der Waals surface area contributed by atoms with E-state index in [9.17, 15) is 8.78 Å². The summed E-state index contributed by atoms with van der Waals surface area (Å²) in [5.74, 6) is -0.426. The maximum absolute atomic E-state index is 13.3. The molecule has 1 aromatic rings. The average Bonchev–Trinajstić information content (AvgIpc) is 2.30. The van der Waals surface area contributed by atoms with Gasteiger partial charge in [-0.05, 0) is 30.5 Å². The molecule has 0 saturated heterocycles. The molecule has 0 aliphatic heterocycles. The lowest BCUT2D eigenvalue weighted by Crippen LogP contribution is -2.24. The summed E-state index contributed by atoms with van der Waals surface area (Å²) in [5.41, 5.74) is 0.492. The molecule has 0 aliphatic rings. The predicted molar refractivity (Wildman–Crippen MR) is 68.6 cm³/mol. The van der Waals surface area contributed by atoms with Crippen molar-refractivity contribution in [2.24, 2.45) is 5.92 Å². The summed E-state index contributed by atoms with van der Waals surface area (Å²) in [6, 6.07) is 3.63. The maximum Gasteiger partial charge on any atom is 0.129 e. The molecule has 0 fully saturated rings. The first kappa shape index (κ1) is 15.1. The van der Waals surface area contributed by atoms with Gasteiger partial charge in [-0.15, -0.1) is 0 Å². The lowest BCUT2D eigenvalue weighted by atomic mass is 10.1. The second-order valence-electron chi connectivity index (χ2n) is 4.70. The van der Waals surface area contributed by atoms with Crippen molar-refractivity contribution in [2.75, 3.05) is 26.3 Å². The standard InChI is InChI=1S/C14H21F2NO/c1-11(2)10-17-6-8-18-7-5-12-3-4-13(15)9-14(12)16/h3-4,9,11,17H,5-8,10H2,1-2H3. The van der Waals surface area contributed by atoms with Gasteiger partial charge in [0, 0.05) is 12.6 Å². The van der Waals surface area contributed by atoms with Gasteiger partial charge in [-0.1, -0.05) is 19.9 Å². The van der Waals surface area contributed by atoms with E-state index in [2.05, 4.69) is 19.2 Å². The zero-order chi connectivity index (χ0) is 13.4. The first-order valence-electron chi connectivity index (χ1n) is 6.32. The SMILES string of the molecule is CC(C)CNCCOCCc1ccc(F)cc1F. The van der Waals surface area contributed by atoms with E-state index in [0.29, 0.717) is 31.1 Å². The minimum Gasteiger partial charge on any atom is -0.380 e. The molecule has 102 valence electrons. The molecule has 1 rings (SSSR count). The Kier molecular flexibility index (Phi) is 6.83. The average molecular weight is 257 g/mol. The third-order valence-corrected chi connectivity index (χ3v) is 2.51. The Bertz CT molecular complexity index is 356. The van der Waals surface area contributed by atoms with Gasteiger partial charge in [-0.25, -0.2) is 8.78 Å². The molecule has 1 N–H and O–H groups in total. The molecule has 1 aromatic carbocycles. The zero-order valence-corrected chi connectivity index (χ0v) is 11.0. The minimum absolute atomic E-state index is 0.450. The van der Waals surface area contributed by atoms with Gasteiger partial charge in [0.05, 0.1) is 13.2 Å². The second-order valence-corrected chi connectivity index (χ2v) is 4.70. The van der Waals surface area contributed by atoms with Crippen LogP contribution in [0.1, 0.15) is 19.4 Å². The van der Waals surface area contributed by atoms with Gasteiger partial charge in [-0.3, -0.25) is 0 Å². The van der Waals surface area contributed by atoms with Crippen LogP contribution in [0.15, 0.2) is 18.2 Å². The summed E-state index contributed by atoms with van der Waals surface area (Å²) in [6.45, 7) is 7.11. The van der Waals surface area contributed by atoms with Crippen LogP contribution in [0.3, 0.4) is 0 Å². The van der Waals surface area contributed by atoms with Crippen LogP contribution in [0.5, 0.6) is 0 Å². The molecule has 0 bridgehead atoms. The van der Waals surface area contributed by atoms with Crippen LogP contribution in [0, 0.1) is 17.6 Å². The molecular weight excluding hydrogens is 236 g/mol. The summed E-state index contributed by atoms with van der Waals surface area (Å²) in [4.78, 5) is 0. The van der Waals surface area contributed by atoms with Crippen LogP contribution in [0.2, 0.25) is 0 Å². The van der Waals surface area contributed by atoms with E-state index in [1.165, 1.54) is 12.1 Å². The molecule has 0 unspecified atom stereocenters. The van der Waals surface area contributed by atoms with Crippen molar-refractivity contribution in [3.8, 4) is 0 Å². The highest BCUT2D eigenvalue weighted by Crippen LogP contribution is 2.09. The number of hydrogen-bond donors (Lipinski definition) is 1. The molecule has 2 nitrogen and oxygen atoms in total. The van der Waals surface area contributed by atoms with Crippen LogP contribution in [-0.4, -0.2) is 26.3 Å². The third-order valence-electron chi connectivity index (χ3n) is 2.51. The zero-order valence-electron chi connectivity index (χ0n) is 11.0. The molecule has 0 heterocycles. The number of halogens is 2. The molecule has 0 aliphatic carbocycles. The number of nitrogens with one attached hydrogen (secondary N) is 1. The molecule has 0 spiro atoms. The molecule has 0 saturated carbocycles. The predicted octanol–water partition coefficient (Wildman–Crippen LogP) is 2.77. The Morgan fingerprint density at radius 1 is 1.22 bits per heavy atom. The summed E-state index contributed by atoms with van der Waals surface area (Å²) in [6.07, 6.45) is 0.469. The lowest BCUT2D eigenvalue weighted by Gasteiger charge is -2.08. The first-order chi connectivity index (χ1) is 8.59. The van der Waals surface area contributed by atoms with E-state index in [1.807, 2.05) is 0 Å². The number of benzene rings is 1. The molecule has 0 atom stereocenters. The molecule has 4 heteroatoms. The van der Waals surface area contributed by atoms with Gasteiger partial charge < -0.3 is 10.1 Å². The lowest BCUT2D eigenvalue weighted by molar-refractivity contribution is 0.138. The quantitative estimate of drug-likeness (QED) is 0.723. The molecule has 0 radical (unpaired) electrons. The number of rotatable bonds is 8. The van der Waals surface area contributed by atoms with E-state index >= 15 is 0 Å². The van der Waals surface area contributed by atoms with E-state index in [4.69, 9.17) is 4.74 Å². The van der Waals surface area contributed by atoms with Gasteiger partial charge in [0.1, 0.15) is 11.6 Å². The molecule has 0 amide bonds. The van der Waals surface area contributed by atoms with Gasteiger partial charge in [-0.2, -0.15) is 0 Å². The van der Waals surface area contributed by atoms with Gasteiger partial charge in [0.2, 0.25) is 0 Å². The summed E-state index contributed by atoms with van der Waals surface area (Å²) >= 11 is 0. The van der Waals surface area contributed by atoms with Crippen molar-refractivity contribution in [1.29, 1.82) is 0 Å². The normalized spacial score (nSPS) is 11.2. The fourth-order valence-electron chi connectivity index (χ4n) is 1.54. The van der Waals surface area contributed by atoms with E-state index < -0.39 is 11.6 Å². The number of ether oxygens (including phenoxy) is 1. The van der Waals surface area contributed by atoms with E-state index in [1.54, 1.807) is 0 Å². The van der Waals surface area contributed by atoms with Crippen LogP contribution >= 0.6 is 0 Å². The van der Waals surface area contributed by atoms with Crippen molar-refractivity contribution in [3.63, 3.8) is 0 Å². The fourth-order valence-corrected chi connectivity index (χ4v) is 1.54. The Labute approximate surface area is 107 Å². The molecular formula is C14H21F2NO. The maximum atomic E-state index is 13.3. The monoisotopic (exact) mass is 257 g/mol. The highest BCUT2D eigenvalue weighted by atomic mass is 19.1. The van der Waals surface area contributed by atoms with E-state index in [0.717, 1.165) is 19.2 Å². The van der Waals surface area contributed by atoms with Crippen LogP contribution in [0.4, 0.5) is 8.78 Å². The third kappa shape index (κ3) is 6.07. The Hall–Kier alpha value is -1.00. The molecule has 0 aromatic heterocycles. The van der Waals surface area contributed by atoms with Gasteiger partial charge >= 0.3 is 0 Å². The topological polar surface area (TPSA) is 21.3 Å². The summed E-state index contributed by atoms with van der Waals surface area (Å²) in [5, 5.41) is 3.25. The van der Waals surface area contributed by atoms with E-state index in [-0.39, 0.29) is 0 Å². The highest BCUT2D eigenvalue weighted by Gasteiger charge is 2.03. The van der Waals surface area contributed by atoms with Gasteiger partial charge in [0.15, 0.2) is 0 Å². The Morgan fingerprint density at radius 3 is 2.67 bits per heavy atom. The van der Waals surface area contributed by atoms with Crippen LogP contribution < -0.4 is 5.32 Å². The van der Waals surface area contributed by atoms with Crippen molar-refractivity contribution in [1.82, 2.24) is 5.32 Å². The van der Waals surface area contributed by atoms with Crippen molar-refractivity contribution in [3.05, 3.63) is 35.4 Å². The second kappa shape index (κ2) is 8.16. The molecule has 18 heavy (non-hydrogen) atoms. The summed E-state index contributed by atoms with van der Waals surface area (Å²) in [7, 11) is 0. The van der Waals surface area contributed by atoms with Crippen LogP contribution in [-0.2, 0) is 11.2 Å². The van der Waals surface area contributed by atoms with Crippen molar-refractivity contribution >= 4 is 0 Å². The number of hydrogen-bond acceptors (Lipinski definition) is 2. The fraction of sp³-hybridized carbons (Fsp3) is 0.571. The Balaban J connectivity index is 2.11. The van der Waals surface area contributed by atoms with Crippen molar-refractivity contribution in [2.45, 2.75) is 20.3 Å². The smallest absolute Gasteiger partial charge is 0.129 e. The first-order valence-corrected chi connectivity index (χ1v) is 6.32. The minimum atomic E-state index is -0.546. The van der Waals surface area contributed by atoms with Crippen molar-refractivity contribution < 1.29 is 13.5 Å². The highest BCUT2D eigenvalue weighted by molar-refractivity contribution is 5.18. The largest absolute Gasteiger partial charge is 0.380 e. The summed E-state index contributed by atoms with van der Waals surface area (Å²) < 4.78 is 31.3. The van der Waals surface area contributed by atoms with Gasteiger partial charge in [0.25, 0.3) is 0 Å². The van der Waals surface area contributed by atoms with Crippen LogP contribution in [0.25, 0.3) is 0 Å².